The van der Waals surface area contributed by atoms with Crippen LogP contribution in [0.15, 0.2) is 24.3 Å². The molecule has 1 aliphatic rings. The highest BCUT2D eigenvalue weighted by molar-refractivity contribution is 5.99. The zero-order chi connectivity index (χ0) is 15.1. The van der Waals surface area contributed by atoms with Crippen molar-refractivity contribution in [3.63, 3.8) is 0 Å². The van der Waals surface area contributed by atoms with Gasteiger partial charge in [-0.3, -0.25) is 9.59 Å². The first-order valence-electron chi connectivity index (χ1n) is 6.65. The Morgan fingerprint density at radius 2 is 1.90 bits per heavy atom. The highest BCUT2D eigenvalue weighted by Gasteiger charge is 2.45. The van der Waals surface area contributed by atoms with Crippen LogP contribution >= 0.6 is 0 Å². The molecule has 0 bridgehead atoms. The van der Waals surface area contributed by atoms with Crippen LogP contribution in [0, 0.1) is 5.82 Å². The van der Waals surface area contributed by atoms with E-state index in [4.69, 9.17) is 0 Å². The summed E-state index contributed by atoms with van der Waals surface area (Å²) in [5.41, 5.74) is -0.554. The second-order valence-corrected chi connectivity index (χ2v) is 5.70. The van der Waals surface area contributed by atoms with E-state index in [-0.39, 0.29) is 17.6 Å². The number of nitrogens with one attached hydrogen (secondary N) is 1. The Balaban J connectivity index is 2.41. The van der Waals surface area contributed by atoms with E-state index in [0.717, 1.165) is 0 Å². The van der Waals surface area contributed by atoms with Crippen molar-refractivity contribution in [2.24, 2.45) is 0 Å². The summed E-state index contributed by atoms with van der Waals surface area (Å²) in [6.07, 6.45) is 0. The third kappa shape index (κ3) is 2.28. The number of benzene rings is 1. The van der Waals surface area contributed by atoms with Crippen molar-refractivity contribution in [3.8, 4) is 0 Å². The maximum atomic E-state index is 13.9. The Labute approximate surface area is 118 Å². The molecule has 1 aromatic carbocycles. The Kier molecular flexibility index (Phi) is 3.54. The third-order valence-corrected chi connectivity index (χ3v) is 3.77. The topological polar surface area (TPSA) is 49.4 Å². The Hall–Kier alpha value is -1.91. The van der Waals surface area contributed by atoms with E-state index >= 15 is 0 Å². The minimum Gasteiger partial charge on any atom is -0.340 e. The summed E-state index contributed by atoms with van der Waals surface area (Å²) in [6.45, 7) is 6.70. The van der Waals surface area contributed by atoms with Gasteiger partial charge in [0.1, 0.15) is 17.4 Å². The molecule has 108 valence electrons. The fraction of sp³-hybridized carbons (Fsp3) is 0.467. The second kappa shape index (κ2) is 4.89. The lowest BCUT2D eigenvalue weighted by Crippen LogP contribution is -2.67. The SMILES string of the molecule is CC1C(=O)NC(C)(C)C(=O)N1C(C)c1ccccc1F. The number of rotatable bonds is 2. The molecule has 1 aliphatic heterocycles. The van der Waals surface area contributed by atoms with E-state index in [1.165, 1.54) is 11.0 Å². The molecule has 1 aromatic rings. The molecule has 2 amide bonds. The summed E-state index contributed by atoms with van der Waals surface area (Å²) in [5, 5.41) is 2.68. The second-order valence-electron chi connectivity index (χ2n) is 5.70. The van der Waals surface area contributed by atoms with Gasteiger partial charge in [-0.25, -0.2) is 4.39 Å². The van der Waals surface area contributed by atoms with Crippen LogP contribution in [0.1, 0.15) is 39.3 Å². The molecule has 4 nitrogen and oxygen atoms in total. The lowest BCUT2D eigenvalue weighted by atomic mass is 9.94. The average molecular weight is 278 g/mol. The van der Waals surface area contributed by atoms with Gasteiger partial charge in [0.25, 0.3) is 0 Å². The summed E-state index contributed by atoms with van der Waals surface area (Å²) < 4.78 is 13.9. The van der Waals surface area contributed by atoms with Gasteiger partial charge in [0.2, 0.25) is 11.8 Å². The minimum absolute atomic E-state index is 0.208. The lowest BCUT2D eigenvalue weighted by Gasteiger charge is -2.44. The van der Waals surface area contributed by atoms with Gasteiger partial charge in [0.05, 0.1) is 6.04 Å². The van der Waals surface area contributed by atoms with Gasteiger partial charge in [-0.1, -0.05) is 18.2 Å². The highest BCUT2D eigenvalue weighted by atomic mass is 19.1. The number of piperazine rings is 1. The van der Waals surface area contributed by atoms with E-state index in [1.54, 1.807) is 45.9 Å². The monoisotopic (exact) mass is 278 g/mol. The molecule has 1 saturated heterocycles. The number of amides is 2. The molecule has 0 aromatic heterocycles. The average Bonchev–Trinajstić information content (AvgIpc) is 2.37. The van der Waals surface area contributed by atoms with E-state index in [0.29, 0.717) is 5.56 Å². The number of hydrogen-bond acceptors (Lipinski definition) is 2. The van der Waals surface area contributed by atoms with Crippen molar-refractivity contribution in [1.29, 1.82) is 0 Å². The summed E-state index contributed by atoms with van der Waals surface area (Å²) in [5.74, 6) is -0.804. The molecule has 1 heterocycles. The summed E-state index contributed by atoms with van der Waals surface area (Å²) in [6, 6.07) is 5.20. The summed E-state index contributed by atoms with van der Waals surface area (Å²) >= 11 is 0. The van der Waals surface area contributed by atoms with Crippen LogP contribution in [0.2, 0.25) is 0 Å². The molecule has 20 heavy (non-hydrogen) atoms. The van der Waals surface area contributed by atoms with E-state index in [2.05, 4.69) is 5.32 Å². The van der Waals surface area contributed by atoms with Crippen molar-refractivity contribution in [1.82, 2.24) is 10.2 Å². The number of nitrogens with zero attached hydrogens (tertiary/aromatic N) is 1. The van der Waals surface area contributed by atoms with Crippen LogP contribution in [0.3, 0.4) is 0 Å². The molecule has 2 atom stereocenters. The van der Waals surface area contributed by atoms with E-state index < -0.39 is 17.6 Å². The van der Waals surface area contributed by atoms with Crippen LogP contribution in [0.25, 0.3) is 0 Å². The van der Waals surface area contributed by atoms with Gasteiger partial charge >= 0.3 is 0 Å². The molecular weight excluding hydrogens is 259 g/mol. The maximum absolute atomic E-state index is 13.9. The van der Waals surface area contributed by atoms with Gasteiger partial charge < -0.3 is 10.2 Å². The molecule has 2 rings (SSSR count). The van der Waals surface area contributed by atoms with Crippen LogP contribution in [-0.4, -0.2) is 28.3 Å². The third-order valence-electron chi connectivity index (χ3n) is 3.77. The zero-order valence-electron chi connectivity index (χ0n) is 12.1. The Morgan fingerprint density at radius 3 is 2.50 bits per heavy atom. The van der Waals surface area contributed by atoms with Crippen LogP contribution in [-0.2, 0) is 9.59 Å². The van der Waals surface area contributed by atoms with Crippen LogP contribution in [0.5, 0.6) is 0 Å². The highest BCUT2D eigenvalue weighted by Crippen LogP contribution is 2.29. The lowest BCUT2D eigenvalue weighted by molar-refractivity contribution is -0.155. The number of hydrogen-bond donors (Lipinski definition) is 1. The zero-order valence-corrected chi connectivity index (χ0v) is 12.1. The van der Waals surface area contributed by atoms with Gasteiger partial charge in [0, 0.05) is 5.56 Å². The number of halogens is 1. The Bertz CT molecular complexity index is 557. The van der Waals surface area contributed by atoms with E-state index in [9.17, 15) is 14.0 Å². The van der Waals surface area contributed by atoms with Crippen molar-refractivity contribution < 1.29 is 14.0 Å². The first-order valence-corrected chi connectivity index (χ1v) is 6.65. The molecule has 1 N–H and O–H groups in total. The largest absolute Gasteiger partial charge is 0.340 e. The Morgan fingerprint density at radius 1 is 1.30 bits per heavy atom. The van der Waals surface area contributed by atoms with Gasteiger partial charge in [-0.2, -0.15) is 0 Å². The number of carbonyl (C=O) groups excluding carboxylic acids is 2. The normalized spacial score (nSPS) is 23.4. The predicted molar refractivity (Wildman–Crippen MR) is 73.3 cm³/mol. The fourth-order valence-corrected chi connectivity index (χ4v) is 2.57. The standard InChI is InChI=1S/C15H19FN2O2/c1-9(11-7-5-6-8-12(11)16)18-10(2)13(19)17-15(3,4)14(18)20/h5-10H,1-4H3,(H,17,19). The molecular formula is C15H19FN2O2. The fourth-order valence-electron chi connectivity index (χ4n) is 2.57. The van der Waals surface area contributed by atoms with Gasteiger partial charge in [-0.15, -0.1) is 0 Å². The first-order chi connectivity index (χ1) is 9.25. The van der Waals surface area contributed by atoms with Crippen molar-refractivity contribution in [2.75, 3.05) is 0 Å². The van der Waals surface area contributed by atoms with E-state index in [1.807, 2.05) is 0 Å². The van der Waals surface area contributed by atoms with Gasteiger partial charge in [-0.05, 0) is 33.8 Å². The quantitative estimate of drug-likeness (QED) is 0.899. The van der Waals surface area contributed by atoms with Crippen molar-refractivity contribution >= 4 is 11.8 Å². The van der Waals surface area contributed by atoms with Crippen LogP contribution in [0.4, 0.5) is 4.39 Å². The van der Waals surface area contributed by atoms with Crippen molar-refractivity contribution in [2.45, 2.75) is 45.3 Å². The maximum Gasteiger partial charge on any atom is 0.248 e. The molecule has 0 radical (unpaired) electrons. The van der Waals surface area contributed by atoms with Gasteiger partial charge in [0.15, 0.2) is 0 Å². The first kappa shape index (κ1) is 14.5. The molecule has 5 heteroatoms. The number of carbonyl (C=O) groups is 2. The summed E-state index contributed by atoms with van der Waals surface area (Å²) in [4.78, 5) is 26.0. The molecule has 0 aliphatic carbocycles. The molecule has 2 unspecified atom stereocenters. The van der Waals surface area contributed by atoms with Crippen molar-refractivity contribution in [3.05, 3.63) is 35.6 Å². The molecule has 1 fully saturated rings. The minimum atomic E-state index is -0.969. The summed E-state index contributed by atoms with van der Waals surface area (Å²) in [7, 11) is 0. The smallest absolute Gasteiger partial charge is 0.248 e. The predicted octanol–water partition coefficient (Wildman–Crippen LogP) is 2.01. The molecule has 0 saturated carbocycles. The molecule has 0 spiro atoms. The van der Waals surface area contributed by atoms with Crippen LogP contribution < -0.4 is 5.32 Å².